The van der Waals surface area contributed by atoms with Crippen LogP contribution in [0.25, 0.3) is 0 Å². The molecule has 4 rings (SSSR count). The van der Waals surface area contributed by atoms with Gasteiger partial charge in [-0.05, 0) is 12.5 Å². The second-order valence-corrected chi connectivity index (χ2v) is 9.60. The highest BCUT2D eigenvalue weighted by Crippen LogP contribution is 2.30. The van der Waals surface area contributed by atoms with Crippen LogP contribution in [0.15, 0.2) is 42.6 Å². The molecule has 0 unspecified atom stereocenters. The third-order valence-corrected chi connectivity index (χ3v) is 6.81. The van der Waals surface area contributed by atoms with Gasteiger partial charge in [-0.25, -0.2) is 14.4 Å². The molecule has 0 spiro atoms. The topological polar surface area (TPSA) is 145 Å². The van der Waals surface area contributed by atoms with Gasteiger partial charge in [0.1, 0.15) is 30.5 Å². The number of ether oxygens (including phenoxy) is 1. The number of carbonyl (C=O) groups is 1. The number of aliphatic hydroxyl groups is 1. The average Bonchev–Trinajstić information content (AvgIpc) is 3.40. The number of rotatable bonds is 9. The van der Waals surface area contributed by atoms with Crippen LogP contribution in [0.5, 0.6) is 0 Å². The number of ketones is 1. The number of aliphatic hydroxyl groups excluding tert-OH is 1. The number of hydrogen-bond donors (Lipinski definition) is 3. The molecule has 13 heteroatoms. The van der Waals surface area contributed by atoms with E-state index in [1.54, 1.807) is 18.5 Å². The van der Waals surface area contributed by atoms with Crippen molar-refractivity contribution < 1.29 is 31.6 Å². The van der Waals surface area contributed by atoms with Crippen molar-refractivity contribution in [2.45, 2.75) is 43.8 Å². The van der Waals surface area contributed by atoms with Gasteiger partial charge in [0.25, 0.3) is 0 Å². The van der Waals surface area contributed by atoms with E-state index in [4.69, 9.17) is 8.92 Å². The summed E-state index contributed by atoms with van der Waals surface area (Å²) in [6.45, 7) is 1.90. The van der Waals surface area contributed by atoms with Crippen molar-refractivity contribution in [1.29, 1.82) is 0 Å². The van der Waals surface area contributed by atoms with Gasteiger partial charge in [0.2, 0.25) is 0 Å². The molecule has 11 nitrogen and oxygen atoms in total. The summed E-state index contributed by atoms with van der Waals surface area (Å²) < 4.78 is 52.0. The van der Waals surface area contributed by atoms with E-state index in [2.05, 4.69) is 15.3 Å². The molecule has 2 aromatic rings. The lowest BCUT2D eigenvalue weighted by Crippen LogP contribution is -2.35. The molecule has 2 aromatic heterocycles. The molecule has 3 heterocycles. The summed E-state index contributed by atoms with van der Waals surface area (Å²) in [5, 5.41) is 12.9. The Bertz CT molecular complexity index is 1170. The minimum Gasteiger partial charge on any atom is -0.387 e. The van der Waals surface area contributed by atoms with Crippen molar-refractivity contribution in [3.63, 3.8) is 0 Å². The van der Waals surface area contributed by atoms with Crippen molar-refractivity contribution >= 4 is 21.9 Å². The molecule has 0 amide bonds. The Hall–Kier alpha value is -2.71. The number of halogens is 1. The Labute approximate surface area is 196 Å². The van der Waals surface area contributed by atoms with Crippen LogP contribution in [0.4, 0.5) is 10.2 Å². The lowest BCUT2D eigenvalue weighted by atomic mass is 10.1. The van der Waals surface area contributed by atoms with E-state index >= 15 is 0 Å². The van der Waals surface area contributed by atoms with Crippen LogP contribution < -0.4 is 10.0 Å². The highest BCUT2D eigenvalue weighted by molar-refractivity contribution is 7.84. The van der Waals surface area contributed by atoms with E-state index < -0.39 is 34.7 Å². The first-order valence-corrected chi connectivity index (χ1v) is 12.1. The van der Waals surface area contributed by atoms with Crippen molar-refractivity contribution in [2.75, 3.05) is 25.6 Å². The molecule has 184 valence electrons. The Kier molecular flexibility index (Phi) is 7.38. The van der Waals surface area contributed by atoms with Gasteiger partial charge in [-0.3, -0.25) is 8.98 Å². The summed E-state index contributed by atoms with van der Waals surface area (Å²) in [6.07, 6.45) is 3.96. The summed E-state index contributed by atoms with van der Waals surface area (Å²) >= 11 is 0. The molecule has 1 fully saturated rings. The van der Waals surface area contributed by atoms with Gasteiger partial charge in [0.15, 0.2) is 5.78 Å². The predicted molar refractivity (Wildman–Crippen MR) is 119 cm³/mol. The van der Waals surface area contributed by atoms with E-state index in [0.29, 0.717) is 25.3 Å². The lowest BCUT2D eigenvalue weighted by Gasteiger charge is -2.17. The number of carbonyl (C=O) groups excluding carboxylic acids is 1. The first kappa shape index (κ1) is 24.4. The van der Waals surface area contributed by atoms with Gasteiger partial charge < -0.3 is 19.7 Å². The maximum absolute atomic E-state index is 14.7. The average molecular weight is 496 g/mol. The normalized spacial score (nSPS) is 25.2. The largest absolute Gasteiger partial charge is 0.387 e. The van der Waals surface area contributed by atoms with E-state index in [1.807, 2.05) is 15.4 Å². The standard InChI is InChI=1S/C21H26FN5O6S/c1-23-34(30,31)33-17-8-16(18(22)20(17)29)26-21-15(9-24-12-25-21)19(28)14-2-5-27(11-14)10-13-3-6-32-7-4-13/h2-3,5,9,11-12,16-18,20,23,29H,4,6-8,10H2,1H3,(H,24,25,26)/t16-,17-,18-,20-/m1/s1. The third kappa shape index (κ3) is 5.50. The van der Waals surface area contributed by atoms with Crippen LogP contribution >= 0.6 is 0 Å². The molecule has 0 radical (unpaired) electrons. The van der Waals surface area contributed by atoms with Crippen LogP contribution in [0, 0.1) is 0 Å². The molecule has 1 aliphatic heterocycles. The molecule has 0 aromatic carbocycles. The fraction of sp³-hybridized carbons (Fsp3) is 0.476. The van der Waals surface area contributed by atoms with Crippen LogP contribution in [-0.4, -0.2) is 78.5 Å². The molecule has 0 saturated heterocycles. The second kappa shape index (κ2) is 10.3. The summed E-state index contributed by atoms with van der Waals surface area (Å²) in [7, 11) is -2.97. The summed E-state index contributed by atoms with van der Waals surface area (Å²) in [6, 6.07) is 0.654. The SMILES string of the molecule is CNS(=O)(=O)O[C@@H]1C[C@@H](Nc2ncncc2C(=O)c2ccn(CC3=CCOCC3)c2)[C@@H](F)[C@@H]1O. The van der Waals surface area contributed by atoms with Gasteiger partial charge in [-0.2, -0.15) is 13.1 Å². The minimum atomic E-state index is -4.12. The molecule has 3 N–H and O–H groups in total. The fourth-order valence-corrected chi connectivity index (χ4v) is 4.58. The molecule has 34 heavy (non-hydrogen) atoms. The first-order chi connectivity index (χ1) is 16.3. The van der Waals surface area contributed by atoms with E-state index in [0.717, 1.165) is 13.5 Å². The Morgan fingerprint density at radius 3 is 3.00 bits per heavy atom. The summed E-state index contributed by atoms with van der Waals surface area (Å²) in [5.41, 5.74) is 1.76. The zero-order chi connectivity index (χ0) is 24.3. The zero-order valence-corrected chi connectivity index (χ0v) is 19.2. The number of aromatic nitrogens is 3. The van der Waals surface area contributed by atoms with E-state index in [-0.39, 0.29) is 23.6 Å². The fourth-order valence-electron chi connectivity index (χ4n) is 3.97. The van der Waals surface area contributed by atoms with Crippen LogP contribution in [0.3, 0.4) is 0 Å². The van der Waals surface area contributed by atoms with E-state index in [1.165, 1.54) is 18.1 Å². The maximum atomic E-state index is 14.7. The van der Waals surface area contributed by atoms with Crippen molar-refractivity contribution in [2.24, 2.45) is 0 Å². The van der Waals surface area contributed by atoms with E-state index in [9.17, 15) is 22.7 Å². The summed E-state index contributed by atoms with van der Waals surface area (Å²) in [5.74, 6) is -0.279. The molecular formula is C21H26FN5O6S. The molecule has 2 aliphatic rings. The van der Waals surface area contributed by atoms with Crippen molar-refractivity contribution in [3.05, 3.63) is 53.8 Å². The predicted octanol–water partition coefficient (Wildman–Crippen LogP) is 0.588. The monoisotopic (exact) mass is 495 g/mol. The smallest absolute Gasteiger partial charge is 0.335 e. The highest BCUT2D eigenvalue weighted by atomic mass is 32.2. The minimum absolute atomic E-state index is 0.0804. The van der Waals surface area contributed by atoms with Gasteiger partial charge in [0.05, 0.1) is 24.8 Å². The Morgan fingerprint density at radius 2 is 2.26 bits per heavy atom. The molecular weight excluding hydrogens is 469 g/mol. The zero-order valence-electron chi connectivity index (χ0n) is 18.4. The van der Waals surface area contributed by atoms with Gasteiger partial charge in [0, 0.05) is 44.2 Å². The molecule has 0 bridgehead atoms. The summed E-state index contributed by atoms with van der Waals surface area (Å²) in [4.78, 5) is 21.1. The molecule has 1 aliphatic carbocycles. The number of anilines is 1. The Morgan fingerprint density at radius 1 is 1.44 bits per heavy atom. The van der Waals surface area contributed by atoms with Gasteiger partial charge >= 0.3 is 10.3 Å². The second-order valence-electron chi connectivity index (χ2n) is 8.09. The number of nitrogens with one attached hydrogen (secondary N) is 2. The third-order valence-electron chi connectivity index (χ3n) is 5.81. The molecule has 4 atom stereocenters. The van der Waals surface area contributed by atoms with Crippen LogP contribution in [-0.2, 0) is 25.8 Å². The van der Waals surface area contributed by atoms with Crippen molar-refractivity contribution in [3.8, 4) is 0 Å². The van der Waals surface area contributed by atoms with Crippen molar-refractivity contribution in [1.82, 2.24) is 19.3 Å². The number of alkyl halides is 1. The lowest BCUT2D eigenvalue weighted by molar-refractivity contribution is 0.0248. The maximum Gasteiger partial charge on any atom is 0.335 e. The number of hydrogen-bond acceptors (Lipinski definition) is 9. The van der Waals surface area contributed by atoms with Crippen LogP contribution in [0.2, 0.25) is 0 Å². The Balaban J connectivity index is 1.48. The first-order valence-electron chi connectivity index (χ1n) is 10.7. The number of nitrogens with zero attached hydrogens (tertiary/aromatic N) is 3. The van der Waals surface area contributed by atoms with Gasteiger partial charge in [-0.15, -0.1) is 0 Å². The van der Waals surface area contributed by atoms with Crippen LogP contribution in [0.1, 0.15) is 28.8 Å². The molecule has 1 saturated carbocycles. The highest BCUT2D eigenvalue weighted by Gasteiger charge is 2.46. The van der Waals surface area contributed by atoms with Gasteiger partial charge in [-0.1, -0.05) is 11.6 Å². The quantitative estimate of drug-likeness (QED) is 0.336.